The van der Waals surface area contributed by atoms with Crippen LogP contribution in [0.25, 0.3) is 10.9 Å². The van der Waals surface area contributed by atoms with E-state index in [1.165, 1.54) is 5.39 Å². The van der Waals surface area contributed by atoms with E-state index >= 15 is 0 Å². The Morgan fingerprint density at radius 1 is 0.909 bits per heavy atom. The fraction of sp³-hybridized carbons (Fsp3) is 0.312. The molecule has 2 aromatic heterocycles. The van der Waals surface area contributed by atoms with Crippen molar-refractivity contribution in [2.24, 2.45) is 0 Å². The molecule has 1 aliphatic rings. The maximum atomic E-state index is 4.78. The normalized spacial score (nSPS) is 15.5. The Balaban J connectivity index is 1.50. The second-order valence-electron chi connectivity index (χ2n) is 5.44. The first kappa shape index (κ1) is 13.5. The van der Waals surface area contributed by atoms with Gasteiger partial charge >= 0.3 is 0 Å². The summed E-state index contributed by atoms with van der Waals surface area (Å²) in [6, 6.07) is 12.5. The Morgan fingerprint density at radius 3 is 2.45 bits per heavy atom. The Morgan fingerprint density at radius 2 is 1.68 bits per heavy atom. The van der Waals surface area contributed by atoms with Gasteiger partial charge < -0.3 is 9.80 Å². The third-order valence-electron chi connectivity index (χ3n) is 3.97. The van der Waals surface area contributed by atoms with Crippen molar-refractivity contribution < 1.29 is 0 Å². The molecule has 0 radical (unpaired) electrons. The van der Waals surface area contributed by atoms with Crippen LogP contribution in [-0.2, 0) is 0 Å². The fourth-order valence-corrected chi connectivity index (χ4v) is 3.51. The first-order valence-corrected chi connectivity index (χ1v) is 8.27. The van der Waals surface area contributed by atoms with Gasteiger partial charge in [0.05, 0.1) is 5.52 Å². The first-order chi connectivity index (χ1) is 10.8. The second kappa shape index (κ2) is 5.53. The number of benzene rings is 1. The van der Waals surface area contributed by atoms with Crippen LogP contribution in [0.2, 0.25) is 0 Å². The summed E-state index contributed by atoms with van der Waals surface area (Å²) in [7, 11) is 0. The number of nitrogens with zero attached hydrogens (tertiary/aromatic N) is 5. The van der Waals surface area contributed by atoms with Gasteiger partial charge in [-0.2, -0.15) is 0 Å². The van der Waals surface area contributed by atoms with Gasteiger partial charge in [0, 0.05) is 31.6 Å². The van der Waals surface area contributed by atoms with Crippen LogP contribution in [0.4, 0.5) is 10.9 Å². The van der Waals surface area contributed by atoms with Crippen molar-refractivity contribution in [3.05, 3.63) is 41.4 Å². The van der Waals surface area contributed by atoms with Gasteiger partial charge in [-0.15, -0.1) is 10.2 Å². The largest absolute Gasteiger partial charge is 0.353 e. The summed E-state index contributed by atoms with van der Waals surface area (Å²) < 4.78 is 0. The quantitative estimate of drug-likeness (QED) is 0.728. The molecule has 0 aliphatic carbocycles. The van der Waals surface area contributed by atoms with Crippen LogP contribution in [0.1, 0.15) is 5.01 Å². The molecule has 1 saturated heterocycles. The van der Waals surface area contributed by atoms with Gasteiger partial charge in [-0.05, 0) is 25.1 Å². The van der Waals surface area contributed by atoms with Crippen molar-refractivity contribution in [2.45, 2.75) is 6.92 Å². The summed E-state index contributed by atoms with van der Waals surface area (Å²) in [5, 5.41) is 11.6. The molecule has 0 N–H and O–H groups in total. The monoisotopic (exact) mass is 311 g/mol. The fourth-order valence-electron chi connectivity index (χ4n) is 2.77. The van der Waals surface area contributed by atoms with Crippen LogP contribution < -0.4 is 9.80 Å². The Labute approximate surface area is 133 Å². The predicted molar refractivity (Wildman–Crippen MR) is 90.8 cm³/mol. The molecule has 0 atom stereocenters. The van der Waals surface area contributed by atoms with Gasteiger partial charge in [0.15, 0.2) is 0 Å². The van der Waals surface area contributed by atoms with Crippen molar-refractivity contribution in [1.29, 1.82) is 0 Å². The summed E-state index contributed by atoms with van der Waals surface area (Å²) in [6.07, 6.45) is 0. The lowest BCUT2D eigenvalue weighted by molar-refractivity contribution is 0.644. The van der Waals surface area contributed by atoms with Crippen LogP contribution in [-0.4, -0.2) is 41.4 Å². The van der Waals surface area contributed by atoms with E-state index in [0.717, 1.165) is 47.7 Å². The molecule has 6 heteroatoms. The number of fused-ring (bicyclic) bond motifs is 1. The van der Waals surface area contributed by atoms with Crippen molar-refractivity contribution >= 4 is 33.2 Å². The van der Waals surface area contributed by atoms with E-state index in [1.807, 2.05) is 19.1 Å². The topological polar surface area (TPSA) is 45.2 Å². The molecule has 22 heavy (non-hydrogen) atoms. The lowest BCUT2D eigenvalue weighted by Gasteiger charge is -2.35. The average molecular weight is 311 g/mol. The van der Waals surface area contributed by atoms with E-state index in [-0.39, 0.29) is 0 Å². The zero-order valence-corrected chi connectivity index (χ0v) is 13.3. The van der Waals surface area contributed by atoms with Gasteiger partial charge in [-0.25, -0.2) is 4.98 Å². The highest BCUT2D eigenvalue weighted by molar-refractivity contribution is 7.15. The minimum absolute atomic E-state index is 0.961. The van der Waals surface area contributed by atoms with Gasteiger partial charge in [-0.1, -0.05) is 29.5 Å². The Bertz CT molecular complexity index is 792. The minimum atomic E-state index is 0.961. The van der Waals surface area contributed by atoms with Crippen molar-refractivity contribution in [3.63, 3.8) is 0 Å². The lowest BCUT2D eigenvalue weighted by atomic mass is 10.2. The molecule has 1 aliphatic heterocycles. The SMILES string of the molecule is Cc1nnc(N2CCN(c3ccc4ccccc4n3)CC2)s1. The summed E-state index contributed by atoms with van der Waals surface area (Å²) in [4.78, 5) is 9.43. The molecule has 112 valence electrons. The van der Waals surface area contributed by atoms with Crippen molar-refractivity contribution in [1.82, 2.24) is 15.2 Å². The summed E-state index contributed by atoms with van der Waals surface area (Å²) >= 11 is 1.66. The zero-order chi connectivity index (χ0) is 14.9. The maximum absolute atomic E-state index is 4.78. The third-order valence-corrected chi connectivity index (χ3v) is 4.87. The molecule has 0 amide bonds. The summed E-state index contributed by atoms with van der Waals surface area (Å²) in [5.41, 5.74) is 1.06. The highest BCUT2D eigenvalue weighted by Gasteiger charge is 2.20. The molecule has 4 rings (SSSR count). The number of piperazine rings is 1. The van der Waals surface area contributed by atoms with E-state index in [4.69, 9.17) is 4.98 Å². The Hall–Kier alpha value is -2.21. The average Bonchev–Trinajstić information content (AvgIpc) is 3.01. The van der Waals surface area contributed by atoms with Crippen LogP contribution in [0.3, 0.4) is 0 Å². The summed E-state index contributed by atoms with van der Waals surface area (Å²) in [5.74, 6) is 1.06. The van der Waals surface area contributed by atoms with Gasteiger partial charge in [0.25, 0.3) is 0 Å². The summed E-state index contributed by atoms with van der Waals surface area (Å²) in [6.45, 7) is 5.84. The molecule has 1 aromatic carbocycles. The van der Waals surface area contributed by atoms with Gasteiger partial charge in [0.2, 0.25) is 5.13 Å². The Kier molecular flexibility index (Phi) is 3.38. The molecule has 3 aromatic rings. The number of anilines is 2. The standard InChI is InChI=1S/C16H17N5S/c1-12-18-19-16(22-12)21-10-8-20(9-11-21)15-7-6-13-4-2-3-5-14(13)17-15/h2-7H,8-11H2,1H3. The molecule has 1 fully saturated rings. The van der Waals surface area contributed by atoms with E-state index in [1.54, 1.807) is 11.3 Å². The molecular formula is C16H17N5S. The van der Waals surface area contributed by atoms with Crippen LogP contribution in [0.15, 0.2) is 36.4 Å². The molecule has 0 bridgehead atoms. The van der Waals surface area contributed by atoms with Gasteiger partial charge in [0.1, 0.15) is 10.8 Å². The molecule has 0 unspecified atom stereocenters. The molecule has 0 saturated carbocycles. The number of aromatic nitrogens is 3. The highest BCUT2D eigenvalue weighted by atomic mass is 32.1. The lowest BCUT2D eigenvalue weighted by Crippen LogP contribution is -2.46. The van der Waals surface area contributed by atoms with Crippen molar-refractivity contribution in [2.75, 3.05) is 36.0 Å². The molecular weight excluding hydrogens is 294 g/mol. The van der Waals surface area contributed by atoms with Gasteiger partial charge in [-0.3, -0.25) is 0 Å². The molecule has 3 heterocycles. The zero-order valence-electron chi connectivity index (χ0n) is 12.4. The maximum Gasteiger partial charge on any atom is 0.208 e. The molecule has 0 spiro atoms. The first-order valence-electron chi connectivity index (χ1n) is 7.45. The van der Waals surface area contributed by atoms with Crippen molar-refractivity contribution in [3.8, 4) is 0 Å². The van der Waals surface area contributed by atoms with Crippen LogP contribution >= 0.6 is 11.3 Å². The number of aryl methyl sites for hydroxylation is 1. The second-order valence-corrected chi connectivity index (χ2v) is 6.60. The van der Waals surface area contributed by atoms with E-state index in [2.05, 4.69) is 44.3 Å². The number of para-hydroxylation sites is 1. The van der Waals surface area contributed by atoms with Crippen LogP contribution in [0, 0.1) is 6.92 Å². The number of hydrogen-bond donors (Lipinski definition) is 0. The highest BCUT2D eigenvalue weighted by Crippen LogP contribution is 2.23. The van der Waals surface area contributed by atoms with E-state index in [0.29, 0.717) is 0 Å². The van der Waals surface area contributed by atoms with E-state index < -0.39 is 0 Å². The smallest absolute Gasteiger partial charge is 0.208 e. The van der Waals surface area contributed by atoms with Crippen LogP contribution in [0.5, 0.6) is 0 Å². The number of pyridine rings is 1. The number of rotatable bonds is 2. The number of hydrogen-bond acceptors (Lipinski definition) is 6. The predicted octanol–water partition coefficient (Wildman–Crippen LogP) is 2.72. The minimum Gasteiger partial charge on any atom is -0.353 e. The third kappa shape index (κ3) is 2.50. The molecule has 5 nitrogen and oxygen atoms in total. The van der Waals surface area contributed by atoms with E-state index in [9.17, 15) is 0 Å².